The number of amides is 1. The van der Waals surface area contributed by atoms with Crippen molar-refractivity contribution in [1.29, 1.82) is 5.26 Å². The Morgan fingerprint density at radius 1 is 1.43 bits per heavy atom. The molecule has 0 heterocycles. The zero-order valence-electron chi connectivity index (χ0n) is 12.3. The Bertz CT molecular complexity index is 726. The van der Waals surface area contributed by atoms with Gasteiger partial charge in [-0.1, -0.05) is 6.07 Å². The number of halogens is 3. The fraction of sp³-hybridized carbons (Fsp3) is 0.385. The van der Waals surface area contributed by atoms with Crippen molar-refractivity contribution in [3.8, 4) is 6.07 Å². The number of hydrogen-bond acceptors (Lipinski definition) is 5. The average Bonchev–Trinajstić information content (AvgIpc) is 2.44. The minimum atomic E-state index is -4.51. The predicted octanol–water partition coefficient (Wildman–Crippen LogP) is 1.25. The fourth-order valence-corrected chi connectivity index (χ4v) is 2.72. The van der Waals surface area contributed by atoms with Crippen LogP contribution in [0.15, 0.2) is 29.2 Å². The Labute approximate surface area is 131 Å². The van der Waals surface area contributed by atoms with Crippen molar-refractivity contribution in [2.24, 2.45) is 0 Å². The van der Waals surface area contributed by atoms with Gasteiger partial charge in [0, 0.05) is 0 Å². The van der Waals surface area contributed by atoms with E-state index in [2.05, 4.69) is 0 Å². The summed E-state index contributed by atoms with van der Waals surface area (Å²) in [6, 6.07) is 5.35. The van der Waals surface area contributed by atoms with Crippen molar-refractivity contribution >= 4 is 15.9 Å². The molecule has 1 rings (SSSR count). The number of nitrogens with one attached hydrogen (secondary N) is 1. The van der Waals surface area contributed by atoms with Crippen LogP contribution in [0.25, 0.3) is 0 Å². The Morgan fingerprint density at radius 2 is 2.04 bits per heavy atom. The molecule has 0 aliphatic carbocycles. The van der Waals surface area contributed by atoms with E-state index >= 15 is 0 Å². The second kappa shape index (κ2) is 6.97. The first-order chi connectivity index (χ1) is 10.5. The molecule has 23 heavy (non-hydrogen) atoms. The van der Waals surface area contributed by atoms with Crippen molar-refractivity contribution in [3.63, 3.8) is 0 Å². The number of likely N-dealkylation sites (N-methyl/N-ethyl adjacent to an activating group) is 1. The SMILES string of the molecule is C[C@H](C(=O)NS(=O)(=O)c1cccc(C#N)c1)N(C)CC(F)(F)F. The summed E-state index contributed by atoms with van der Waals surface area (Å²) in [5, 5.41) is 8.73. The molecule has 0 radical (unpaired) electrons. The molecule has 0 saturated heterocycles. The number of carbonyl (C=O) groups excluding carboxylic acids is 1. The van der Waals surface area contributed by atoms with Crippen LogP contribution in [0.4, 0.5) is 13.2 Å². The highest BCUT2D eigenvalue weighted by Gasteiger charge is 2.33. The molecule has 0 aliphatic rings. The molecule has 10 heteroatoms. The van der Waals surface area contributed by atoms with Gasteiger partial charge >= 0.3 is 6.18 Å². The summed E-state index contributed by atoms with van der Waals surface area (Å²) in [5.74, 6) is -1.10. The summed E-state index contributed by atoms with van der Waals surface area (Å²) in [6.45, 7) is -0.201. The zero-order valence-corrected chi connectivity index (χ0v) is 13.1. The molecule has 126 valence electrons. The number of benzene rings is 1. The van der Waals surface area contributed by atoms with Crippen LogP contribution in [-0.4, -0.2) is 45.0 Å². The van der Waals surface area contributed by atoms with E-state index in [1.807, 2.05) is 0 Å². The maximum absolute atomic E-state index is 12.3. The van der Waals surface area contributed by atoms with Crippen LogP contribution in [0.1, 0.15) is 12.5 Å². The number of carbonyl (C=O) groups is 1. The largest absolute Gasteiger partial charge is 0.401 e. The molecule has 0 bridgehead atoms. The summed E-state index contributed by atoms with van der Waals surface area (Å²) < 4.78 is 62.7. The van der Waals surface area contributed by atoms with Gasteiger partial charge in [-0.2, -0.15) is 18.4 Å². The van der Waals surface area contributed by atoms with Gasteiger partial charge in [0.15, 0.2) is 0 Å². The van der Waals surface area contributed by atoms with Crippen LogP contribution < -0.4 is 4.72 Å². The standard InChI is InChI=1S/C13H14F3N3O3S/c1-9(19(2)8-13(14,15)16)12(20)18-23(21,22)11-5-3-4-10(6-11)7-17/h3-6,9H,8H2,1-2H3,(H,18,20)/t9-/m1/s1. The van der Waals surface area contributed by atoms with E-state index in [4.69, 9.17) is 5.26 Å². The summed E-state index contributed by atoms with van der Waals surface area (Å²) >= 11 is 0. The van der Waals surface area contributed by atoms with Gasteiger partial charge in [-0.15, -0.1) is 0 Å². The maximum Gasteiger partial charge on any atom is 0.401 e. The van der Waals surface area contributed by atoms with Crippen LogP contribution in [0.5, 0.6) is 0 Å². The first kappa shape index (κ1) is 18.9. The Morgan fingerprint density at radius 3 is 2.57 bits per heavy atom. The van der Waals surface area contributed by atoms with E-state index in [0.717, 1.165) is 20.0 Å². The molecule has 0 saturated carbocycles. The summed E-state index contributed by atoms with van der Waals surface area (Å²) in [5.41, 5.74) is 0.0718. The molecule has 0 aliphatic heterocycles. The highest BCUT2D eigenvalue weighted by molar-refractivity contribution is 7.90. The van der Waals surface area contributed by atoms with Crippen molar-refractivity contribution in [3.05, 3.63) is 29.8 Å². The Balaban J connectivity index is 2.88. The minimum absolute atomic E-state index is 0.0718. The summed E-state index contributed by atoms with van der Waals surface area (Å²) in [7, 11) is -3.22. The smallest absolute Gasteiger partial charge is 0.287 e. The molecule has 0 aromatic heterocycles. The Kier molecular flexibility index (Phi) is 5.74. The highest BCUT2D eigenvalue weighted by atomic mass is 32.2. The predicted molar refractivity (Wildman–Crippen MR) is 74.6 cm³/mol. The van der Waals surface area contributed by atoms with Gasteiger partial charge in [0.25, 0.3) is 15.9 Å². The minimum Gasteiger partial charge on any atom is -0.287 e. The molecule has 6 nitrogen and oxygen atoms in total. The number of alkyl halides is 3. The topological polar surface area (TPSA) is 90.3 Å². The number of hydrogen-bond donors (Lipinski definition) is 1. The molecule has 0 fully saturated rings. The third-order valence-electron chi connectivity index (χ3n) is 2.98. The van der Waals surface area contributed by atoms with Gasteiger partial charge in [-0.3, -0.25) is 9.69 Å². The van der Waals surface area contributed by atoms with E-state index < -0.39 is 34.7 Å². The van der Waals surface area contributed by atoms with Crippen LogP contribution in [0.2, 0.25) is 0 Å². The average molecular weight is 349 g/mol. The third-order valence-corrected chi connectivity index (χ3v) is 4.32. The number of rotatable bonds is 5. The lowest BCUT2D eigenvalue weighted by molar-refractivity contribution is -0.150. The number of nitrogens with zero attached hydrogens (tertiary/aromatic N) is 2. The molecule has 1 atom stereocenters. The van der Waals surface area contributed by atoms with Gasteiger partial charge in [0.1, 0.15) is 0 Å². The van der Waals surface area contributed by atoms with Crippen molar-refractivity contribution < 1.29 is 26.4 Å². The van der Waals surface area contributed by atoms with Crippen molar-refractivity contribution in [2.75, 3.05) is 13.6 Å². The van der Waals surface area contributed by atoms with Crippen molar-refractivity contribution in [1.82, 2.24) is 9.62 Å². The molecule has 0 unspecified atom stereocenters. The normalized spacial score (nSPS) is 13.4. The quantitative estimate of drug-likeness (QED) is 0.864. The molecular formula is C13H14F3N3O3S. The van der Waals surface area contributed by atoms with Gasteiger partial charge < -0.3 is 0 Å². The fourth-order valence-electron chi connectivity index (χ4n) is 1.63. The van der Waals surface area contributed by atoms with Gasteiger partial charge in [-0.25, -0.2) is 13.1 Å². The third kappa shape index (κ3) is 5.54. The summed E-state index contributed by atoms with van der Waals surface area (Å²) in [4.78, 5) is 12.2. The lowest BCUT2D eigenvalue weighted by Crippen LogP contribution is -2.47. The second-order valence-corrected chi connectivity index (χ2v) is 6.50. The molecule has 0 spiro atoms. The second-order valence-electron chi connectivity index (χ2n) is 4.82. The van der Waals surface area contributed by atoms with E-state index in [9.17, 15) is 26.4 Å². The van der Waals surface area contributed by atoms with E-state index in [-0.39, 0.29) is 10.5 Å². The van der Waals surface area contributed by atoms with Gasteiger partial charge in [0.2, 0.25) is 0 Å². The van der Waals surface area contributed by atoms with Crippen LogP contribution in [-0.2, 0) is 14.8 Å². The van der Waals surface area contributed by atoms with Crippen LogP contribution in [0.3, 0.4) is 0 Å². The van der Waals surface area contributed by atoms with E-state index in [1.165, 1.54) is 18.2 Å². The molecular weight excluding hydrogens is 335 g/mol. The first-order valence-corrected chi connectivity index (χ1v) is 7.78. The molecule has 1 aromatic rings. The maximum atomic E-state index is 12.3. The van der Waals surface area contributed by atoms with Gasteiger partial charge in [-0.05, 0) is 32.2 Å². The van der Waals surface area contributed by atoms with Gasteiger partial charge in [0.05, 0.1) is 29.1 Å². The molecule has 1 amide bonds. The van der Waals surface area contributed by atoms with Crippen LogP contribution in [0, 0.1) is 11.3 Å². The lowest BCUT2D eigenvalue weighted by Gasteiger charge is -2.24. The monoisotopic (exact) mass is 349 g/mol. The van der Waals surface area contributed by atoms with E-state index in [1.54, 1.807) is 10.8 Å². The number of sulfonamides is 1. The zero-order chi connectivity index (χ0) is 17.8. The van der Waals surface area contributed by atoms with E-state index in [0.29, 0.717) is 4.90 Å². The number of nitriles is 1. The van der Waals surface area contributed by atoms with Crippen LogP contribution >= 0.6 is 0 Å². The van der Waals surface area contributed by atoms with Crippen molar-refractivity contribution in [2.45, 2.75) is 24.0 Å². The molecule has 1 aromatic carbocycles. The molecule has 1 N–H and O–H groups in total. The Hall–Kier alpha value is -2.12. The first-order valence-electron chi connectivity index (χ1n) is 6.30. The highest BCUT2D eigenvalue weighted by Crippen LogP contribution is 2.17. The lowest BCUT2D eigenvalue weighted by atomic mass is 10.2. The summed E-state index contributed by atoms with van der Waals surface area (Å²) in [6.07, 6.45) is -4.51.